The summed E-state index contributed by atoms with van der Waals surface area (Å²) < 4.78 is 39.1. The Kier molecular flexibility index (Phi) is 2.82. The number of nitrogens with one attached hydrogen (secondary N) is 1. The molecule has 1 aliphatic heterocycles. The molecule has 3 rings (SSSR count). The van der Waals surface area contributed by atoms with E-state index in [1.165, 1.54) is 18.2 Å². The van der Waals surface area contributed by atoms with Crippen molar-refractivity contribution in [3.8, 4) is 0 Å². The normalized spacial score (nSPS) is 20.8. The Morgan fingerprint density at radius 2 is 2.00 bits per heavy atom. The van der Waals surface area contributed by atoms with E-state index in [0.717, 1.165) is 0 Å². The van der Waals surface area contributed by atoms with E-state index < -0.39 is 15.7 Å². The van der Waals surface area contributed by atoms with Gasteiger partial charge in [-0.05, 0) is 42.3 Å². The number of halogens is 1. The molecule has 6 heteroatoms. The zero-order chi connectivity index (χ0) is 13.5. The first kappa shape index (κ1) is 12.2. The first-order valence-corrected chi connectivity index (χ1v) is 7.63. The fraction of sp³-hybridized carbons (Fsp3) is 0.231. The molecule has 0 saturated heterocycles. The maximum Gasteiger partial charge on any atom is 0.178 e. The van der Waals surface area contributed by atoms with Gasteiger partial charge in [0.1, 0.15) is 5.82 Å². The van der Waals surface area contributed by atoms with Crippen molar-refractivity contribution in [1.29, 1.82) is 0 Å². The predicted octanol–water partition coefficient (Wildman–Crippen LogP) is 2.09. The number of sulfone groups is 1. The zero-order valence-electron chi connectivity index (χ0n) is 10.1. The first-order chi connectivity index (χ1) is 9.06. The molecule has 0 fully saturated rings. The van der Waals surface area contributed by atoms with Crippen LogP contribution in [-0.2, 0) is 9.84 Å². The van der Waals surface area contributed by atoms with Crippen molar-refractivity contribution in [1.82, 2.24) is 4.68 Å². The molecule has 1 atom stereocenters. The van der Waals surface area contributed by atoms with Crippen molar-refractivity contribution in [3.63, 3.8) is 0 Å². The minimum Gasteiger partial charge on any atom is -0.319 e. The van der Waals surface area contributed by atoms with Crippen molar-refractivity contribution in [2.75, 3.05) is 11.2 Å². The molecule has 1 unspecified atom stereocenters. The molecule has 1 aromatic carbocycles. The lowest BCUT2D eigenvalue weighted by molar-refractivity contribution is 0.557. The lowest BCUT2D eigenvalue weighted by Crippen LogP contribution is -2.28. The zero-order valence-corrected chi connectivity index (χ0v) is 10.9. The fourth-order valence-electron chi connectivity index (χ4n) is 2.35. The average Bonchev–Trinajstić information content (AvgIpc) is 2.85. The first-order valence-electron chi connectivity index (χ1n) is 5.98. The lowest BCUT2D eigenvalue weighted by atomic mass is 10.0. The van der Waals surface area contributed by atoms with E-state index in [1.807, 2.05) is 24.5 Å². The largest absolute Gasteiger partial charge is 0.319 e. The summed E-state index contributed by atoms with van der Waals surface area (Å²) in [7, 11) is -3.29. The van der Waals surface area contributed by atoms with Crippen molar-refractivity contribution < 1.29 is 12.8 Å². The molecular weight excluding hydrogens is 267 g/mol. The quantitative estimate of drug-likeness (QED) is 0.857. The summed E-state index contributed by atoms with van der Waals surface area (Å²) in [4.78, 5) is 0.227. The number of fused-ring (bicyclic) bond motifs is 1. The number of hydrogen-bond donors (Lipinski definition) is 1. The van der Waals surface area contributed by atoms with Crippen LogP contribution in [0.25, 0.3) is 0 Å². The Morgan fingerprint density at radius 3 is 2.74 bits per heavy atom. The third-order valence-corrected chi connectivity index (χ3v) is 5.08. The molecule has 0 spiro atoms. The number of aromatic nitrogens is 1. The summed E-state index contributed by atoms with van der Waals surface area (Å²) in [6.45, 7) is 0. The molecule has 0 bridgehead atoms. The number of benzene rings is 1. The molecule has 2 aromatic rings. The van der Waals surface area contributed by atoms with Gasteiger partial charge in [0.2, 0.25) is 0 Å². The van der Waals surface area contributed by atoms with Gasteiger partial charge >= 0.3 is 0 Å². The molecule has 4 nitrogen and oxygen atoms in total. The molecule has 19 heavy (non-hydrogen) atoms. The average molecular weight is 280 g/mol. The van der Waals surface area contributed by atoms with Gasteiger partial charge < -0.3 is 5.43 Å². The Morgan fingerprint density at radius 1 is 1.26 bits per heavy atom. The van der Waals surface area contributed by atoms with Gasteiger partial charge in [-0.3, -0.25) is 4.68 Å². The van der Waals surface area contributed by atoms with E-state index in [4.69, 9.17) is 0 Å². The highest BCUT2D eigenvalue weighted by atomic mass is 32.2. The molecule has 100 valence electrons. The highest BCUT2D eigenvalue weighted by Crippen LogP contribution is 2.33. The third-order valence-electron chi connectivity index (χ3n) is 3.27. The van der Waals surface area contributed by atoms with Crippen LogP contribution in [0, 0.1) is 5.82 Å². The van der Waals surface area contributed by atoms with Crippen LogP contribution in [0.3, 0.4) is 0 Å². The Balaban J connectivity index is 2.03. The molecule has 0 radical (unpaired) electrons. The van der Waals surface area contributed by atoms with Crippen molar-refractivity contribution in [2.24, 2.45) is 0 Å². The van der Waals surface area contributed by atoms with Gasteiger partial charge in [-0.25, -0.2) is 12.8 Å². The second kappa shape index (κ2) is 4.38. The van der Waals surface area contributed by atoms with Crippen LogP contribution in [0.5, 0.6) is 0 Å². The summed E-state index contributed by atoms with van der Waals surface area (Å²) in [6, 6.07) is 7.35. The van der Waals surface area contributed by atoms with Gasteiger partial charge in [0.15, 0.2) is 9.84 Å². The van der Waals surface area contributed by atoms with E-state index in [1.54, 1.807) is 4.68 Å². The smallest absolute Gasteiger partial charge is 0.178 e. The predicted molar refractivity (Wildman–Crippen MR) is 69.6 cm³/mol. The molecule has 0 saturated carbocycles. The van der Waals surface area contributed by atoms with Gasteiger partial charge in [-0.15, -0.1) is 0 Å². The van der Waals surface area contributed by atoms with E-state index in [9.17, 15) is 12.8 Å². The molecule has 1 aromatic heterocycles. The molecule has 2 heterocycles. The van der Waals surface area contributed by atoms with Crippen LogP contribution in [0.4, 0.5) is 4.39 Å². The Bertz CT molecular complexity index is 695. The van der Waals surface area contributed by atoms with Gasteiger partial charge in [0, 0.05) is 12.4 Å². The Hall–Kier alpha value is -1.82. The van der Waals surface area contributed by atoms with E-state index >= 15 is 0 Å². The van der Waals surface area contributed by atoms with Crippen LogP contribution in [0.1, 0.15) is 18.0 Å². The maximum atomic E-state index is 13.4. The molecule has 0 aliphatic carbocycles. The van der Waals surface area contributed by atoms with Gasteiger partial charge in [-0.2, -0.15) is 0 Å². The van der Waals surface area contributed by atoms with Crippen molar-refractivity contribution >= 4 is 9.84 Å². The van der Waals surface area contributed by atoms with Gasteiger partial charge in [-0.1, -0.05) is 0 Å². The van der Waals surface area contributed by atoms with Crippen LogP contribution < -0.4 is 5.43 Å². The lowest BCUT2D eigenvalue weighted by Gasteiger charge is -2.27. The monoisotopic (exact) mass is 280 g/mol. The number of hydrogen-bond acceptors (Lipinski definition) is 3. The maximum absolute atomic E-state index is 13.4. The fourth-order valence-corrected chi connectivity index (χ4v) is 3.95. The summed E-state index contributed by atoms with van der Waals surface area (Å²) >= 11 is 0. The highest BCUT2D eigenvalue weighted by Gasteiger charge is 2.30. The Labute approximate surface area is 110 Å². The SMILES string of the molecule is O=S1(=O)CCC(Nn2cccc2)c2cc(F)ccc21. The minimum absolute atomic E-state index is 0.0740. The van der Waals surface area contributed by atoms with Crippen LogP contribution >= 0.6 is 0 Å². The second-order valence-corrected chi connectivity index (χ2v) is 6.64. The highest BCUT2D eigenvalue weighted by molar-refractivity contribution is 7.91. The molecular formula is C13H13FN2O2S. The van der Waals surface area contributed by atoms with Crippen LogP contribution in [0.2, 0.25) is 0 Å². The molecule has 1 aliphatic rings. The van der Waals surface area contributed by atoms with E-state index in [2.05, 4.69) is 5.43 Å². The summed E-state index contributed by atoms with van der Waals surface area (Å²) in [5.41, 5.74) is 3.67. The number of rotatable bonds is 2. The third kappa shape index (κ3) is 2.23. The van der Waals surface area contributed by atoms with E-state index in [-0.39, 0.29) is 16.7 Å². The van der Waals surface area contributed by atoms with Crippen LogP contribution in [0.15, 0.2) is 47.6 Å². The van der Waals surface area contributed by atoms with Crippen molar-refractivity contribution in [2.45, 2.75) is 17.4 Å². The topological polar surface area (TPSA) is 51.1 Å². The molecule has 0 amide bonds. The van der Waals surface area contributed by atoms with E-state index in [0.29, 0.717) is 12.0 Å². The van der Waals surface area contributed by atoms with Crippen LogP contribution in [-0.4, -0.2) is 18.8 Å². The minimum atomic E-state index is -3.29. The second-order valence-electron chi connectivity index (χ2n) is 4.56. The summed E-state index contributed by atoms with van der Waals surface area (Å²) in [5, 5.41) is 0. The van der Waals surface area contributed by atoms with Gasteiger partial charge in [0.25, 0.3) is 0 Å². The molecule has 1 N–H and O–H groups in total. The van der Waals surface area contributed by atoms with Gasteiger partial charge in [0.05, 0.1) is 16.7 Å². The summed E-state index contributed by atoms with van der Waals surface area (Å²) in [5.74, 6) is -0.347. The number of nitrogens with zero attached hydrogens (tertiary/aromatic N) is 1. The van der Waals surface area contributed by atoms with Crippen molar-refractivity contribution in [3.05, 3.63) is 54.1 Å². The standard InChI is InChI=1S/C13H13FN2O2S/c14-10-3-4-13-11(9-10)12(5-8-19(13,17)18)15-16-6-1-2-7-16/h1-4,6-7,9,12,15H,5,8H2. The summed E-state index contributed by atoms with van der Waals surface area (Å²) in [6.07, 6.45) is 4.07.